The second-order valence-electron chi connectivity index (χ2n) is 5.25. The van der Waals surface area contributed by atoms with Crippen LogP contribution in [0.15, 0.2) is 36.7 Å². The molecule has 1 aliphatic rings. The van der Waals surface area contributed by atoms with Crippen LogP contribution in [0.25, 0.3) is 0 Å². The smallest absolute Gasteiger partial charge is 0.337 e. The van der Waals surface area contributed by atoms with Crippen LogP contribution in [0.2, 0.25) is 0 Å². The molecule has 1 fully saturated rings. The molecule has 2 aromatic rings. The Morgan fingerprint density at radius 3 is 2.70 bits per heavy atom. The van der Waals surface area contributed by atoms with Crippen molar-refractivity contribution in [2.75, 3.05) is 25.6 Å². The third kappa shape index (κ3) is 3.40. The highest BCUT2D eigenvalue weighted by molar-refractivity contribution is 6.04. The van der Waals surface area contributed by atoms with Crippen LogP contribution >= 0.6 is 0 Å². The van der Waals surface area contributed by atoms with Gasteiger partial charge in [-0.05, 0) is 30.7 Å². The first kappa shape index (κ1) is 15.2. The summed E-state index contributed by atoms with van der Waals surface area (Å²) in [5, 5.41) is 7.04. The second-order valence-corrected chi connectivity index (χ2v) is 5.25. The van der Waals surface area contributed by atoms with Crippen LogP contribution < -0.4 is 5.32 Å². The number of ether oxygens (including phenoxy) is 2. The van der Waals surface area contributed by atoms with Gasteiger partial charge in [-0.1, -0.05) is 0 Å². The zero-order valence-electron chi connectivity index (χ0n) is 12.7. The van der Waals surface area contributed by atoms with E-state index in [1.54, 1.807) is 36.7 Å². The van der Waals surface area contributed by atoms with Gasteiger partial charge in [0.05, 0.1) is 37.2 Å². The van der Waals surface area contributed by atoms with Crippen LogP contribution in [0, 0.1) is 0 Å². The molecule has 0 bridgehead atoms. The van der Waals surface area contributed by atoms with Gasteiger partial charge in [-0.25, -0.2) is 4.79 Å². The summed E-state index contributed by atoms with van der Waals surface area (Å²) in [6.07, 6.45) is 4.32. The van der Waals surface area contributed by atoms with Gasteiger partial charge in [0, 0.05) is 18.4 Å². The first-order valence-electron chi connectivity index (χ1n) is 7.29. The monoisotopic (exact) mass is 315 g/mol. The van der Waals surface area contributed by atoms with Gasteiger partial charge in [0.1, 0.15) is 0 Å². The number of hydrogen-bond acceptors (Lipinski definition) is 5. The lowest BCUT2D eigenvalue weighted by atomic mass is 10.1. The van der Waals surface area contributed by atoms with Crippen molar-refractivity contribution in [2.24, 2.45) is 0 Å². The van der Waals surface area contributed by atoms with E-state index in [4.69, 9.17) is 4.74 Å². The number of amides is 1. The fraction of sp³-hybridized carbons (Fsp3) is 0.312. The SMILES string of the molecule is COC(=O)c1ccc(C(=O)Nc2cnn([C@H]3CCOC3)c2)cc1. The van der Waals surface area contributed by atoms with Gasteiger partial charge in [-0.15, -0.1) is 0 Å². The molecule has 0 aliphatic carbocycles. The number of nitrogens with one attached hydrogen (secondary N) is 1. The van der Waals surface area contributed by atoms with E-state index in [0.717, 1.165) is 13.0 Å². The molecule has 0 saturated carbocycles. The van der Waals surface area contributed by atoms with Gasteiger partial charge in [0.25, 0.3) is 5.91 Å². The summed E-state index contributed by atoms with van der Waals surface area (Å²) in [4.78, 5) is 23.6. The molecule has 0 radical (unpaired) electrons. The predicted molar refractivity (Wildman–Crippen MR) is 82.4 cm³/mol. The lowest BCUT2D eigenvalue weighted by Gasteiger charge is -2.07. The van der Waals surface area contributed by atoms with Gasteiger partial charge in [0.15, 0.2) is 0 Å². The molecule has 0 unspecified atom stereocenters. The molecular weight excluding hydrogens is 298 g/mol. The van der Waals surface area contributed by atoms with Crippen molar-refractivity contribution in [3.63, 3.8) is 0 Å². The van der Waals surface area contributed by atoms with E-state index < -0.39 is 5.97 Å². The molecule has 120 valence electrons. The highest BCUT2D eigenvalue weighted by Gasteiger charge is 2.18. The largest absolute Gasteiger partial charge is 0.465 e. The normalized spacial score (nSPS) is 17.0. The lowest BCUT2D eigenvalue weighted by molar-refractivity contribution is 0.0600. The minimum Gasteiger partial charge on any atom is -0.465 e. The fourth-order valence-electron chi connectivity index (χ4n) is 2.41. The maximum atomic E-state index is 12.2. The summed E-state index contributed by atoms with van der Waals surface area (Å²) in [5.41, 5.74) is 1.48. The Kier molecular flexibility index (Phi) is 4.38. The van der Waals surface area contributed by atoms with Crippen LogP contribution in [-0.4, -0.2) is 42.0 Å². The molecule has 23 heavy (non-hydrogen) atoms. The average molecular weight is 315 g/mol. The van der Waals surface area contributed by atoms with Crippen molar-refractivity contribution in [3.8, 4) is 0 Å². The Morgan fingerprint density at radius 1 is 1.30 bits per heavy atom. The number of anilines is 1. The zero-order valence-corrected chi connectivity index (χ0v) is 12.7. The lowest BCUT2D eigenvalue weighted by Crippen LogP contribution is -2.12. The maximum Gasteiger partial charge on any atom is 0.337 e. The fourth-order valence-corrected chi connectivity index (χ4v) is 2.41. The van der Waals surface area contributed by atoms with Crippen molar-refractivity contribution in [1.29, 1.82) is 0 Å². The molecule has 2 heterocycles. The third-order valence-corrected chi connectivity index (χ3v) is 3.71. The van der Waals surface area contributed by atoms with Crippen LogP contribution in [0.4, 0.5) is 5.69 Å². The minimum atomic E-state index is -0.433. The van der Waals surface area contributed by atoms with Crippen LogP contribution in [0.3, 0.4) is 0 Å². The van der Waals surface area contributed by atoms with E-state index in [1.807, 2.05) is 4.68 Å². The predicted octanol–water partition coefficient (Wildman–Crippen LogP) is 1.88. The first-order valence-corrected chi connectivity index (χ1v) is 7.29. The Labute approximate surface area is 133 Å². The number of nitrogens with zero attached hydrogens (tertiary/aromatic N) is 2. The van der Waals surface area contributed by atoms with Crippen molar-refractivity contribution >= 4 is 17.6 Å². The number of esters is 1. The first-order chi connectivity index (χ1) is 11.2. The van der Waals surface area contributed by atoms with E-state index in [9.17, 15) is 9.59 Å². The topological polar surface area (TPSA) is 82.5 Å². The average Bonchev–Trinajstić information content (AvgIpc) is 3.25. The summed E-state index contributed by atoms with van der Waals surface area (Å²) in [5.74, 6) is -0.694. The summed E-state index contributed by atoms with van der Waals surface area (Å²) in [6, 6.07) is 6.49. The van der Waals surface area contributed by atoms with E-state index >= 15 is 0 Å². The molecule has 1 amide bonds. The van der Waals surface area contributed by atoms with Gasteiger partial charge >= 0.3 is 5.97 Å². The Morgan fingerprint density at radius 2 is 2.04 bits per heavy atom. The van der Waals surface area contributed by atoms with Crippen molar-refractivity contribution < 1.29 is 19.1 Å². The molecule has 3 rings (SSSR count). The summed E-state index contributed by atoms with van der Waals surface area (Å²) in [6.45, 7) is 1.38. The number of hydrogen-bond donors (Lipinski definition) is 1. The van der Waals surface area contributed by atoms with Crippen LogP contribution in [0.1, 0.15) is 33.2 Å². The van der Waals surface area contributed by atoms with Crippen LogP contribution in [0.5, 0.6) is 0 Å². The molecule has 1 N–H and O–H groups in total. The molecule has 1 atom stereocenters. The van der Waals surface area contributed by atoms with Gasteiger partial charge in [-0.3, -0.25) is 9.48 Å². The quantitative estimate of drug-likeness (QED) is 0.871. The number of carbonyl (C=O) groups excluding carboxylic acids is 2. The van der Waals surface area contributed by atoms with Gasteiger partial charge in [0.2, 0.25) is 0 Å². The zero-order chi connectivity index (χ0) is 16.2. The van der Waals surface area contributed by atoms with Gasteiger partial charge in [-0.2, -0.15) is 5.10 Å². The summed E-state index contributed by atoms with van der Waals surface area (Å²) in [7, 11) is 1.32. The van der Waals surface area contributed by atoms with E-state index in [1.165, 1.54) is 7.11 Å². The standard InChI is InChI=1S/C16H17N3O4/c1-22-16(21)12-4-2-11(3-5-12)15(20)18-13-8-17-19(9-13)14-6-7-23-10-14/h2-5,8-9,14H,6-7,10H2,1H3,(H,18,20)/t14-/m0/s1. The van der Waals surface area contributed by atoms with Crippen molar-refractivity contribution in [2.45, 2.75) is 12.5 Å². The number of benzene rings is 1. The Bertz CT molecular complexity index is 702. The maximum absolute atomic E-state index is 12.2. The Balaban J connectivity index is 1.65. The molecule has 1 aliphatic heterocycles. The van der Waals surface area contributed by atoms with Crippen molar-refractivity contribution in [1.82, 2.24) is 9.78 Å². The number of methoxy groups -OCH3 is 1. The second kappa shape index (κ2) is 6.62. The number of rotatable bonds is 4. The molecule has 1 aromatic carbocycles. The number of aromatic nitrogens is 2. The van der Waals surface area contributed by atoms with Crippen LogP contribution in [-0.2, 0) is 9.47 Å². The molecule has 7 heteroatoms. The molecule has 0 spiro atoms. The molecule has 1 aromatic heterocycles. The molecule has 7 nitrogen and oxygen atoms in total. The third-order valence-electron chi connectivity index (χ3n) is 3.71. The Hall–Kier alpha value is -2.67. The summed E-state index contributed by atoms with van der Waals surface area (Å²) < 4.78 is 11.8. The summed E-state index contributed by atoms with van der Waals surface area (Å²) >= 11 is 0. The molecular formula is C16H17N3O4. The van der Waals surface area contributed by atoms with E-state index in [2.05, 4.69) is 15.2 Å². The van der Waals surface area contributed by atoms with Gasteiger partial charge < -0.3 is 14.8 Å². The minimum absolute atomic E-state index is 0.222. The van der Waals surface area contributed by atoms with Crippen molar-refractivity contribution in [3.05, 3.63) is 47.8 Å². The van der Waals surface area contributed by atoms with E-state index in [-0.39, 0.29) is 11.9 Å². The molecule has 1 saturated heterocycles. The highest BCUT2D eigenvalue weighted by atomic mass is 16.5. The number of carbonyl (C=O) groups is 2. The highest BCUT2D eigenvalue weighted by Crippen LogP contribution is 2.20. The van der Waals surface area contributed by atoms with E-state index in [0.29, 0.717) is 23.4 Å².